The third-order valence-electron chi connectivity index (χ3n) is 0.916. The van der Waals surface area contributed by atoms with Gasteiger partial charge >= 0.3 is 11.9 Å². The van der Waals surface area contributed by atoms with Crippen LogP contribution in [0.3, 0.4) is 0 Å². The average molecular weight is 252 g/mol. The first kappa shape index (κ1) is 20.5. The molecule has 0 amide bonds. The largest absolute Gasteiger partial charge is 0.479 e. The predicted molar refractivity (Wildman–Crippen MR) is 47.2 cm³/mol. The monoisotopic (exact) mass is 252 g/mol. The van der Waals surface area contributed by atoms with Crippen molar-refractivity contribution in [1.29, 1.82) is 0 Å². The minimum absolute atomic E-state index is 0. The Labute approximate surface area is 115 Å². The first-order valence-electron chi connectivity index (χ1n) is 3.40. The molecule has 15 heavy (non-hydrogen) atoms. The van der Waals surface area contributed by atoms with Crippen molar-refractivity contribution in [1.82, 2.24) is 0 Å². The van der Waals surface area contributed by atoms with Gasteiger partial charge in [0.15, 0.2) is 12.2 Å². The van der Waals surface area contributed by atoms with Crippen molar-refractivity contribution in [2.75, 3.05) is 13.2 Å². The third kappa shape index (κ3) is 14.0. The van der Waals surface area contributed by atoms with Gasteiger partial charge in [0, 0.05) is 37.7 Å². The second kappa shape index (κ2) is 12.1. The Kier molecular flexibility index (Phi) is 16.5. The van der Waals surface area contributed by atoms with Gasteiger partial charge in [0.25, 0.3) is 0 Å². The molecule has 0 aliphatic heterocycles. The Morgan fingerprint density at radius 3 is 1.07 bits per heavy atom. The number of aliphatic hydroxyl groups excluding tert-OH is 4. The van der Waals surface area contributed by atoms with E-state index in [4.69, 9.17) is 30.6 Å². The van der Waals surface area contributed by atoms with E-state index in [1.54, 1.807) is 0 Å². The van der Waals surface area contributed by atoms with Crippen LogP contribution in [0.5, 0.6) is 0 Å². The van der Waals surface area contributed by atoms with Crippen molar-refractivity contribution in [3.8, 4) is 0 Å². The Balaban J connectivity index is -0.000000180. The SMILES string of the molecule is O=C(O)C(O)CO.O=C(O)C(O)CO.[Ca]. The quantitative estimate of drug-likeness (QED) is 0.281. The van der Waals surface area contributed by atoms with E-state index in [2.05, 4.69) is 0 Å². The van der Waals surface area contributed by atoms with Crippen molar-refractivity contribution in [2.45, 2.75) is 12.2 Å². The molecule has 0 bridgehead atoms. The smallest absolute Gasteiger partial charge is 0.334 e. The summed E-state index contributed by atoms with van der Waals surface area (Å²) in [4.78, 5) is 19.0. The molecule has 86 valence electrons. The maximum Gasteiger partial charge on any atom is 0.334 e. The minimum atomic E-state index is -1.63. The van der Waals surface area contributed by atoms with E-state index in [0.717, 1.165) is 0 Å². The molecule has 0 fully saturated rings. The van der Waals surface area contributed by atoms with E-state index in [1.807, 2.05) is 0 Å². The van der Waals surface area contributed by atoms with E-state index in [-0.39, 0.29) is 37.7 Å². The van der Waals surface area contributed by atoms with Crippen LogP contribution in [0.4, 0.5) is 0 Å². The number of rotatable bonds is 4. The van der Waals surface area contributed by atoms with Crippen LogP contribution in [0.2, 0.25) is 0 Å². The Bertz CT molecular complexity index is 164. The normalized spacial score (nSPS) is 12.5. The second-order valence-electron chi connectivity index (χ2n) is 2.07. The molecule has 6 N–H and O–H groups in total. The topological polar surface area (TPSA) is 156 Å². The van der Waals surface area contributed by atoms with Crippen LogP contribution in [-0.2, 0) is 9.59 Å². The molecule has 8 nitrogen and oxygen atoms in total. The van der Waals surface area contributed by atoms with Gasteiger partial charge in [-0.05, 0) is 0 Å². The zero-order chi connectivity index (χ0) is 11.7. The third-order valence-corrected chi connectivity index (χ3v) is 0.916. The summed E-state index contributed by atoms with van der Waals surface area (Å²) < 4.78 is 0. The first-order chi connectivity index (χ1) is 6.36. The van der Waals surface area contributed by atoms with Crippen molar-refractivity contribution >= 4 is 49.7 Å². The number of carbonyl (C=O) groups is 2. The van der Waals surface area contributed by atoms with Gasteiger partial charge < -0.3 is 30.6 Å². The number of aliphatic carboxylic acids is 2. The summed E-state index contributed by atoms with van der Waals surface area (Å²) in [7, 11) is 0. The van der Waals surface area contributed by atoms with Crippen LogP contribution in [-0.4, -0.2) is 106 Å². The Hall–Kier alpha value is 0.0397. The molecule has 0 aliphatic carbocycles. The summed E-state index contributed by atoms with van der Waals surface area (Å²) in [6.07, 6.45) is -3.25. The first-order valence-corrected chi connectivity index (χ1v) is 3.40. The molecule has 0 saturated carbocycles. The van der Waals surface area contributed by atoms with Gasteiger partial charge in [0.05, 0.1) is 13.2 Å². The molecule has 9 heteroatoms. The van der Waals surface area contributed by atoms with E-state index in [1.165, 1.54) is 0 Å². The summed E-state index contributed by atoms with van der Waals surface area (Å²) >= 11 is 0. The van der Waals surface area contributed by atoms with Crippen molar-refractivity contribution in [2.24, 2.45) is 0 Å². The number of aliphatic hydroxyl groups is 4. The van der Waals surface area contributed by atoms with E-state index in [9.17, 15) is 9.59 Å². The van der Waals surface area contributed by atoms with Gasteiger partial charge in [-0.1, -0.05) is 0 Å². The Morgan fingerprint density at radius 2 is 1.07 bits per heavy atom. The number of carboxylic acids is 2. The number of carboxylic acid groups (broad SMARTS) is 2. The molecule has 0 rings (SSSR count). The summed E-state index contributed by atoms with van der Waals surface area (Å²) in [6.45, 7) is -1.45. The van der Waals surface area contributed by atoms with Crippen molar-refractivity contribution in [3.63, 3.8) is 0 Å². The summed E-state index contributed by atoms with van der Waals surface area (Å²) in [5.41, 5.74) is 0. The van der Waals surface area contributed by atoms with Crippen LogP contribution >= 0.6 is 0 Å². The Morgan fingerprint density at radius 1 is 0.867 bits per heavy atom. The summed E-state index contributed by atoms with van der Waals surface area (Å²) in [5, 5.41) is 47.5. The van der Waals surface area contributed by atoms with Gasteiger partial charge in [-0.25, -0.2) is 9.59 Å². The fourth-order valence-electron chi connectivity index (χ4n) is 0.156. The van der Waals surface area contributed by atoms with Crippen LogP contribution in [0.1, 0.15) is 0 Å². The standard InChI is InChI=1S/2C3H6O4.Ca/c2*4-1-2(5)3(6)7;/h2*2,4-5H,1H2,(H,6,7);. The minimum Gasteiger partial charge on any atom is -0.479 e. The van der Waals surface area contributed by atoms with Gasteiger partial charge in [-0.3, -0.25) is 0 Å². The molecule has 0 spiro atoms. The van der Waals surface area contributed by atoms with E-state index in [0.29, 0.717) is 0 Å². The molecule has 0 saturated heterocycles. The maximum absolute atomic E-state index is 9.52. The van der Waals surface area contributed by atoms with Crippen LogP contribution < -0.4 is 0 Å². The van der Waals surface area contributed by atoms with Crippen molar-refractivity contribution in [3.05, 3.63) is 0 Å². The van der Waals surface area contributed by atoms with Crippen molar-refractivity contribution < 1.29 is 40.2 Å². The molecular weight excluding hydrogens is 240 g/mol. The second-order valence-corrected chi connectivity index (χ2v) is 2.07. The molecule has 0 aromatic rings. The number of hydrogen-bond donors (Lipinski definition) is 6. The molecule has 0 aliphatic rings. The number of hydrogen-bond acceptors (Lipinski definition) is 6. The van der Waals surface area contributed by atoms with Crippen LogP contribution in [0, 0.1) is 0 Å². The fraction of sp³-hybridized carbons (Fsp3) is 0.667. The van der Waals surface area contributed by atoms with Crippen LogP contribution in [0.15, 0.2) is 0 Å². The molecule has 0 aromatic heterocycles. The molecular formula is C6H12CaO8. The van der Waals surface area contributed by atoms with Crippen LogP contribution in [0.25, 0.3) is 0 Å². The summed E-state index contributed by atoms with van der Waals surface area (Å²) in [5.74, 6) is -2.80. The van der Waals surface area contributed by atoms with E-state index >= 15 is 0 Å². The zero-order valence-electron chi connectivity index (χ0n) is 7.78. The molecule has 2 unspecified atom stereocenters. The predicted octanol–water partition coefficient (Wildman–Crippen LogP) is -3.53. The summed E-state index contributed by atoms with van der Waals surface area (Å²) in [6, 6.07) is 0. The van der Waals surface area contributed by atoms with Gasteiger partial charge in [-0.15, -0.1) is 0 Å². The zero-order valence-corrected chi connectivity index (χ0v) is 9.98. The van der Waals surface area contributed by atoms with Gasteiger partial charge in [-0.2, -0.15) is 0 Å². The fourth-order valence-corrected chi connectivity index (χ4v) is 0.156. The molecule has 2 radical (unpaired) electrons. The maximum atomic E-state index is 9.52. The van der Waals surface area contributed by atoms with Gasteiger partial charge in [0.1, 0.15) is 0 Å². The molecule has 2 atom stereocenters. The van der Waals surface area contributed by atoms with Gasteiger partial charge in [0.2, 0.25) is 0 Å². The molecule has 0 heterocycles. The molecule has 0 aromatic carbocycles. The average Bonchev–Trinajstić information content (AvgIpc) is 2.15. The van der Waals surface area contributed by atoms with E-state index < -0.39 is 37.4 Å².